The number of halogens is 1. The van der Waals surface area contributed by atoms with Crippen LogP contribution in [0.15, 0.2) is 18.2 Å². The second-order valence-electron chi connectivity index (χ2n) is 6.75. The maximum absolute atomic E-state index is 14.8. The number of hydrogen-bond donors (Lipinski definition) is 2. The van der Waals surface area contributed by atoms with Crippen LogP contribution in [-0.2, 0) is 9.53 Å². The van der Waals surface area contributed by atoms with E-state index >= 15 is 0 Å². The number of ether oxygens (including phenoxy) is 1. The van der Waals surface area contributed by atoms with Gasteiger partial charge in [0.2, 0.25) is 5.91 Å². The molecule has 1 aromatic carbocycles. The van der Waals surface area contributed by atoms with Crippen LogP contribution in [-0.4, -0.2) is 67.4 Å². The molecule has 0 spiro atoms. The van der Waals surface area contributed by atoms with Crippen molar-refractivity contribution >= 4 is 40.6 Å². The lowest BCUT2D eigenvalue weighted by molar-refractivity contribution is -0.119. The molecule has 3 rings (SSSR count). The van der Waals surface area contributed by atoms with Gasteiger partial charge in [-0.15, -0.1) is 0 Å². The SMILES string of the molecule is CC(=O)NCC1CN(c2ccc(N3CCNN(C(C)=S)CC3)c(F)c2)C(=O)O1. The van der Waals surface area contributed by atoms with Crippen molar-refractivity contribution in [2.24, 2.45) is 0 Å². The first-order valence-electron chi connectivity index (χ1n) is 9.14. The van der Waals surface area contributed by atoms with Gasteiger partial charge in [-0.05, 0) is 25.1 Å². The second-order valence-corrected chi connectivity index (χ2v) is 7.35. The molecular formula is C18H24FN5O3S. The lowest BCUT2D eigenvalue weighted by Gasteiger charge is -2.24. The highest BCUT2D eigenvalue weighted by Gasteiger charge is 2.33. The summed E-state index contributed by atoms with van der Waals surface area (Å²) in [7, 11) is 0. The molecule has 2 saturated heterocycles. The highest BCUT2D eigenvalue weighted by Crippen LogP contribution is 2.28. The Balaban J connectivity index is 1.68. The van der Waals surface area contributed by atoms with Crippen molar-refractivity contribution in [1.29, 1.82) is 0 Å². The molecule has 0 aromatic heterocycles. The minimum atomic E-state index is -0.548. The molecule has 2 aliphatic heterocycles. The molecule has 1 atom stereocenters. The van der Waals surface area contributed by atoms with Gasteiger partial charge in [0.05, 0.1) is 36.0 Å². The maximum Gasteiger partial charge on any atom is 0.414 e. The molecule has 2 amide bonds. The highest BCUT2D eigenvalue weighted by atomic mass is 32.1. The Morgan fingerprint density at radius 3 is 2.82 bits per heavy atom. The zero-order chi connectivity index (χ0) is 20.3. The van der Waals surface area contributed by atoms with Crippen molar-refractivity contribution in [2.45, 2.75) is 20.0 Å². The van der Waals surface area contributed by atoms with Crippen LogP contribution >= 0.6 is 12.2 Å². The third kappa shape index (κ3) is 4.68. The molecule has 2 N–H and O–H groups in total. The fourth-order valence-corrected chi connectivity index (χ4v) is 3.41. The van der Waals surface area contributed by atoms with Crippen LogP contribution in [0.1, 0.15) is 13.8 Å². The summed E-state index contributed by atoms with van der Waals surface area (Å²) in [6.45, 7) is 6.30. The van der Waals surface area contributed by atoms with Crippen molar-refractivity contribution in [1.82, 2.24) is 15.8 Å². The van der Waals surface area contributed by atoms with Crippen molar-refractivity contribution in [3.63, 3.8) is 0 Å². The zero-order valence-electron chi connectivity index (χ0n) is 15.9. The Kier molecular flexibility index (Phi) is 6.30. The molecule has 2 aliphatic rings. The van der Waals surface area contributed by atoms with Crippen LogP contribution in [0.5, 0.6) is 0 Å². The summed E-state index contributed by atoms with van der Waals surface area (Å²) in [6.07, 6.45) is -1.01. The predicted molar refractivity (Wildman–Crippen MR) is 108 cm³/mol. The molecule has 1 unspecified atom stereocenters. The van der Waals surface area contributed by atoms with E-state index in [2.05, 4.69) is 10.7 Å². The number of nitrogens with one attached hydrogen (secondary N) is 2. The maximum atomic E-state index is 14.8. The molecule has 0 saturated carbocycles. The number of rotatable bonds is 4. The van der Waals surface area contributed by atoms with Gasteiger partial charge in [0.25, 0.3) is 0 Å². The Labute approximate surface area is 168 Å². The van der Waals surface area contributed by atoms with Gasteiger partial charge in [-0.2, -0.15) is 0 Å². The van der Waals surface area contributed by atoms with Crippen LogP contribution in [0.25, 0.3) is 0 Å². The van der Waals surface area contributed by atoms with Gasteiger partial charge in [-0.1, -0.05) is 12.2 Å². The van der Waals surface area contributed by atoms with E-state index < -0.39 is 18.0 Å². The van der Waals surface area contributed by atoms with Crippen LogP contribution in [0.3, 0.4) is 0 Å². The first-order valence-corrected chi connectivity index (χ1v) is 9.54. The molecular weight excluding hydrogens is 385 g/mol. The van der Waals surface area contributed by atoms with E-state index in [4.69, 9.17) is 17.0 Å². The van der Waals surface area contributed by atoms with E-state index in [-0.39, 0.29) is 19.0 Å². The van der Waals surface area contributed by atoms with Gasteiger partial charge in [0, 0.05) is 26.6 Å². The third-order valence-corrected chi connectivity index (χ3v) is 4.91. The summed E-state index contributed by atoms with van der Waals surface area (Å²) >= 11 is 5.19. The average molecular weight is 409 g/mol. The van der Waals surface area contributed by atoms with Crippen LogP contribution in [0.2, 0.25) is 0 Å². The number of hydrogen-bond acceptors (Lipinski definition) is 6. The normalized spacial score (nSPS) is 20.0. The molecule has 2 heterocycles. The summed E-state index contributed by atoms with van der Waals surface area (Å²) < 4.78 is 20.0. The molecule has 0 bridgehead atoms. The fraction of sp³-hybridized carbons (Fsp3) is 0.500. The number of hydrazine groups is 1. The smallest absolute Gasteiger partial charge is 0.414 e. The lowest BCUT2D eigenvalue weighted by Crippen LogP contribution is -2.41. The van der Waals surface area contributed by atoms with Crippen molar-refractivity contribution < 1.29 is 18.7 Å². The summed E-state index contributed by atoms with van der Waals surface area (Å²) in [5.41, 5.74) is 4.13. The van der Waals surface area contributed by atoms with Crippen LogP contribution < -0.4 is 20.5 Å². The van der Waals surface area contributed by atoms with Gasteiger partial charge in [-0.3, -0.25) is 9.69 Å². The van der Waals surface area contributed by atoms with Crippen LogP contribution in [0.4, 0.5) is 20.6 Å². The third-order valence-electron chi connectivity index (χ3n) is 4.69. The minimum Gasteiger partial charge on any atom is -0.442 e. The molecule has 28 heavy (non-hydrogen) atoms. The fourth-order valence-electron chi connectivity index (χ4n) is 3.26. The van der Waals surface area contributed by atoms with Crippen molar-refractivity contribution in [2.75, 3.05) is 49.1 Å². The zero-order valence-corrected chi connectivity index (χ0v) is 16.7. The molecule has 0 aliphatic carbocycles. The van der Waals surface area contributed by atoms with Crippen LogP contribution in [0, 0.1) is 5.82 Å². The highest BCUT2D eigenvalue weighted by molar-refractivity contribution is 7.80. The van der Waals surface area contributed by atoms with E-state index in [1.165, 1.54) is 17.9 Å². The van der Waals surface area contributed by atoms with Gasteiger partial charge >= 0.3 is 6.09 Å². The second kappa shape index (κ2) is 8.70. The van der Waals surface area contributed by atoms with E-state index in [1.54, 1.807) is 12.1 Å². The van der Waals surface area contributed by atoms with E-state index in [0.29, 0.717) is 37.6 Å². The molecule has 1 aromatic rings. The summed E-state index contributed by atoms with van der Waals surface area (Å²) in [4.78, 5) is 27.2. The van der Waals surface area contributed by atoms with Gasteiger partial charge in [0.1, 0.15) is 11.9 Å². The number of anilines is 2. The number of cyclic esters (lactones) is 1. The standard InChI is InChI=1S/C18H24FN5O3S/c1-12(25)20-10-15-11-23(18(26)27-15)14-3-4-17(16(19)9-14)22-6-5-21-24(8-7-22)13(2)28/h3-4,9,15,21H,5-8,10-11H2,1-2H3,(H,20,25). The Morgan fingerprint density at radius 2 is 2.14 bits per heavy atom. The number of nitrogens with zero attached hydrogens (tertiary/aromatic N) is 3. The first-order chi connectivity index (χ1) is 13.3. The largest absolute Gasteiger partial charge is 0.442 e. The Bertz CT molecular complexity index is 778. The van der Waals surface area contributed by atoms with Crippen molar-refractivity contribution in [3.05, 3.63) is 24.0 Å². The van der Waals surface area contributed by atoms with E-state index in [9.17, 15) is 14.0 Å². The van der Waals surface area contributed by atoms with E-state index in [1.807, 2.05) is 16.8 Å². The topological polar surface area (TPSA) is 77.2 Å². The molecule has 2 fully saturated rings. The van der Waals surface area contributed by atoms with Gasteiger partial charge in [0.15, 0.2) is 0 Å². The summed E-state index contributed by atoms with van der Waals surface area (Å²) in [5, 5.41) is 4.50. The monoisotopic (exact) mass is 409 g/mol. The molecule has 0 radical (unpaired) electrons. The number of carbonyl (C=O) groups is 2. The summed E-state index contributed by atoms with van der Waals surface area (Å²) in [5.74, 6) is -0.595. The number of amides is 2. The Morgan fingerprint density at radius 1 is 1.36 bits per heavy atom. The quantitative estimate of drug-likeness (QED) is 0.725. The number of thiocarbonyl (C=S) groups is 1. The first kappa shape index (κ1) is 20.3. The number of carbonyl (C=O) groups excluding carboxylic acids is 2. The number of benzene rings is 1. The molecule has 152 valence electrons. The van der Waals surface area contributed by atoms with E-state index in [0.717, 1.165) is 4.99 Å². The Hall–Kier alpha value is -2.46. The molecule has 8 nitrogen and oxygen atoms in total. The van der Waals surface area contributed by atoms with Gasteiger partial charge in [-0.25, -0.2) is 14.6 Å². The minimum absolute atomic E-state index is 0.195. The summed E-state index contributed by atoms with van der Waals surface area (Å²) in [6, 6.07) is 4.73. The lowest BCUT2D eigenvalue weighted by atomic mass is 10.2. The molecule has 10 heteroatoms. The van der Waals surface area contributed by atoms with Crippen molar-refractivity contribution in [3.8, 4) is 0 Å². The predicted octanol–water partition coefficient (Wildman–Crippen LogP) is 1.26. The van der Waals surface area contributed by atoms with Gasteiger partial charge < -0.3 is 20.0 Å². The average Bonchev–Trinajstić information content (AvgIpc) is 2.85.